The summed E-state index contributed by atoms with van der Waals surface area (Å²) in [6, 6.07) is 5.48. The monoisotopic (exact) mass is 250 g/mol. The fraction of sp³-hybridized carbons (Fsp3) is 0.429. The molecule has 0 saturated heterocycles. The van der Waals surface area contributed by atoms with Gasteiger partial charge < -0.3 is 5.11 Å². The van der Waals surface area contributed by atoms with Crippen LogP contribution >= 0.6 is 0 Å². The average Bonchev–Trinajstić information content (AvgIpc) is 2.78. The van der Waals surface area contributed by atoms with Crippen LogP contribution in [0.5, 0.6) is 0 Å². The van der Waals surface area contributed by atoms with Crippen molar-refractivity contribution in [1.82, 2.24) is 0 Å². The Morgan fingerprint density at radius 2 is 1.89 bits per heavy atom. The van der Waals surface area contributed by atoms with Crippen LogP contribution in [-0.4, -0.2) is 16.9 Å². The molecule has 0 aliphatic heterocycles. The van der Waals surface area contributed by atoms with Crippen LogP contribution in [0, 0.1) is 17.7 Å². The Bertz CT molecular complexity index is 453. The normalized spacial score (nSPS) is 22.9. The third-order valence-corrected chi connectivity index (χ3v) is 3.53. The van der Waals surface area contributed by atoms with Gasteiger partial charge in [0.25, 0.3) is 0 Å². The van der Waals surface area contributed by atoms with E-state index < -0.39 is 5.97 Å². The zero-order valence-electron chi connectivity index (χ0n) is 9.93. The van der Waals surface area contributed by atoms with Gasteiger partial charge in [0.2, 0.25) is 0 Å². The molecule has 0 bridgehead atoms. The van der Waals surface area contributed by atoms with Gasteiger partial charge in [0, 0.05) is 12.0 Å². The van der Waals surface area contributed by atoms with Crippen LogP contribution in [0.25, 0.3) is 0 Å². The molecule has 0 amide bonds. The van der Waals surface area contributed by atoms with Gasteiger partial charge in [0.1, 0.15) is 5.82 Å². The molecule has 2 atom stereocenters. The Hall–Kier alpha value is -1.71. The first kappa shape index (κ1) is 12.7. The van der Waals surface area contributed by atoms with E-state index in [0.29, 0.717) is 24.8 Å². The highest BCUT2D eigenvalue weighted by Gasteiger charge is 2.30. The molecule has 1 fully saturated rings. The molecule has 0 spiro atoms. The lowest BCUT2D eigenvalue weighted by Gasteiger charge is -2.08. The minimum atomic E-state index is -0.772. The summed E-state index contributed by atoms with van der Waals surface area (Å²) in [5, 5.41) is 8.89. The highest BCUT2D eigenvalue weighted by Crippen LogP contribution is 2.33. The van der Waals surface area contributed by atoms with Crippen molar-refractivity contribution in [2.45, 2.75) is 25.7 Å². The number of carboxylic acids is 1. The summed E-state index contributed by atoms with van der Waals surface area (Å²) in [7, 11) is 0. The number of ketones is 1. The van der Waals surface area contributed by atoms with Crippen molar-refractivity contribution >= 4 is 11.8 Å². The van der Waals surface area contributed by atoms with Gasteiger partial charge in [-0.05, 0) is 49.4 Å². The van der Waals surface area contributed by atoms with Crippen LogP contribution < -0.4 is 0 Å². The van der Waals surface area contributed by atoms with Crippen molar-refractivity contribution in [3.05, 3.63) is 35.6 Å². The van der Waals surface area contributed by atoms with Gasteiger partial charge in [-0.1, -0.05) is 0 Å². The fourth-order valence-electron chi connectivity index (χ4n) is 2.50. The summed E-state index contributed by atoms with van der Waals surface area (Å²) in [6.45, 7) is 0. The maximum Gasteiger partial charge on any atom is 0.306 e. The second-order valence-electron chi connectivity index (χ2n) is 4.85. The molecule has 0 heterocycles. The predicted octanol–water partition coefficient (Wildman–Crippen LogP) is 2.90. The molecule has 0 aromatic heterocycles. The summed E-state index contributed by atoms with van der Waals surface area (Å²) < 4.78 is 12.7. The van der Waals surface area contributed by atoms with E-state index in [2.05, 4.69) is 0 Å². The van der Waals surface area contributed by atoms with Crippen molar-refractivity contribution in [3.8, 4) is 0 Å². The second-order valence-corrected chi connectivity index (χ2v) is 4.85. The Morgan fingerprint density at radius 1 is 1.22 bits per heavy atom. The largest absolute Gasteiger partial charge is 0.481 e. The van der Waals surface area contributed by atoms with Crippen molar-refractivity contribution in [3.63, 3.8) is 0 Å². The minimum absolute atomic E-state index is 0.0361. The first-order valence-electron chi connectivity index (χ1n) is 6.08. The first-order valence-corrected chi connectivity index (χ1v) is 6.08. The van der Waals surface area contributed by atoms with Crippen molar-refractivity contribution in [1.29, 1.82) is 0 Å². The Morgan fingerprint density at radius 3 is 2.44 bits per heavy atom. The lowest BCUT2D eigenvalue weighted by molar-refractivity contribution is -0.141. The number of hydrogen-bond donors (Lipinski definition) is 1. The van der Waals surface area contributed by atoms with E-state index in [1.807, 2.05) is 0 Å². The Balaban J connectivity index is 1.92. The summed E-state index contributed by atoms with van der Waals surface area (Å²) in [5.74, 6) is -1.34. The molecular weight excluding hydrogens is 235 g/mol. The molecule has 4 heteroatoms. The van der Waals surface area contributed by atoms with Crippen LogP contribution in [0.1, 0.15) is 36.0 Å². The highest BCUT2D eigenvalue weighted by molar-refractivity contribution is 5.96. The molecule has 1 aliphatic carbocycles. The molecule has 3 nitrogen and oxygen atoms in total. The van der Waals surface area contributed by atoms with Crippen LogP contribution in [0.4, 0.5) is 4.39 Å². The van der Waals surface area contributed by atoms with E-state index in [4.69, 9.17) is 5.11 Å². The number of hydrogen-bond acceptors (Lipinski definition) is 2. The molecule has 2 rings (SSSR count). The number of benzene rings is 1. The number of carbonyl (C=O) groups excluding carboxylic acids is 1. The van der Waals surface area contributed by atoms with E-state index in [-0.39, 0.29) is 23.4 Å². The molecule has 0 unspecified atom stereocenters. The number of carbonyl (C=O) groups is 2. The molecule has 1 aromatic rings. The molecule has 1 aromatic carbocycles. The summed E-state index contributed by atoms with van der Waals surface area (Å²) in [6.07, 6.45) is 2.36. The van der Waals surface area contributed by atoms with Gasteiger partial charge in [0.05, 0.1) is 5.92 Å². The van der Waals surface area contributed by atoms with E-state index >= 15 is 0 Å². The number of halogens is 1. The van der Waals surface area contributed by atoms with Crippen molar-refractivity contribution in [2.24, 2.45) is 11.8 Å². The maximum absolute atomic E-state index is 12.7. The van der Waals surface area contributed by atoms with Gasteiger partial charge in [0.15, 0.2) is 5.78 Å². The van der Waals surface area contributed by atoms with Crippen LogP contribution in [0.2, 0.25) is 0 Å². The van der Waals surface area contributed by atoms with Crippen LogP contribution in [0.3, 0.4) is 0 Å². The summed E-state index contributed by atoms with van der Waals surface area (Å²) in [5.41, 5.74) is 0.496. The third-order valence-electron chi connectivity index (χ3n) is 3.53. The standard InChI is InChI=1S/C14H15FO3/c15-12-5-3-10(4-6-12)13(16)8-9-1-2-11(7-9)14(17)18/h3-6,9,11H,1-2,7-8H2,(H,17,18)/t9-,11+/m0/s1. The van der Waals surface area contributed by atoms with E-state index in [0.717, 1.165) is 6.42 Å². The molecule has 1 N–H and O–H groups in total. The average molecular weight is 250 g/mol. The summed E-state index contributed by atoms with van der Waals surface area (Å²) in [4.78, 5) is 22.7. The molecule has 1 saturated carbocycles. The SMILES string of the molecule is O=C(C[C@H]1CC[C@@H](C(=O)O)C1)c1ccc(F)cc1. The maximum atomic E-state index is 12.7. The van der Waals surface area contributed by atoms with Crippen molar-refractivity contribution < 1.29 is 19.1 Å². The van der Waals surface area contributed by atoms with E-state index in [1.54, 1.807) is 0 Å². The molecule has 1 aliphatic rings. The van der Waals surface area contributed by atoms with Gasteiger partial charge in [-0.2, -0.15) is 0 Å². The van der Waals surface area contributed by atoms with E-state index in [9.17, 15) is 14.0 Å². The zero-order chi connectivity index (χ0) is 13.1. The highest BCUT2D eigenvalue weighted by atomic mass is 19.1. The first-order chi connectivity index (χ1) is 8.56. The second kappa shape index (κ2) is 5.29. The van der Waals surface area contributed by atoms with Gasteiger partial charge in [-0.25, -0.2) is 4.39 Å². The smallest absolute Gasteiger partial charge is 0.306 e. The lowest BCUT2D eigenvalue weighted by atomic mass is 9.96. The molecule has 0 radical (unpaired) electrons. The fourth-order valence-corrected chi connectivity index (χ4v) is 2.50. The van der Waals surface area contributed by atoms with Gasteiger partial charge >= 0.3 is 5.97 Å². The molecule has 96 valence electrons. The Kier molecular flexibility index (Phi) is 3.75. The zero-order valence-corrected chi connectivity index (χ0v) is 9.93. The molecule has 18 heavy (non-hydrogen) atoms. The topological polar surface area (TPSA) is 54.4 Å². The molecular formula is C14H15FO3. The number of aliphatic carboxylic acids is 1. The van der Waals surface area contributed by atoms with Crippen LogP contribution in [-0.2, 0) is 4.79 Å². The Labute approximate surface area is 105 Å². The van der Waals surface area contributed by atoms with Crippen molar-refractivity contribution in [2.75, 3.05) is 0 Å². The van der Waals surface area contributed by atoms with Gasteiger partial charge in [-0.15, -0.1) is 0 Å². The quantitative estimate of drug-likeness (QED) is 0.836. The van der Waals surface area contributed by atoms with E-state index in [1.165, 1.54) is 24.3 Å². The number of carboxylic acid groups (broad SMARTS) is 1. The third kappa shape index (κ3) is 2.94. The minimum Gasteiger partial charge on any atom is -0.481 e. The number of Topliss-reactive ketones (excluding diaryl/α,β-unsaturated/α-hetero) is 1. The predicted molar refractivity (Wildman–Crippen MR) is 63.8 cm³/mol. The lowest BCUT2D eigenvalue weighted by Crippen LogP contribution is -2.11. The van der Waals surface area contributed by atoms with Gasteiger partial charge in [-0.3, -0.25) is 9.59 Å². The van der Waals surface area contributed by atoms with Crippen LogP contribution in [0.15, 0.2) is 24.3 Å². The summed E-state index contributed by atoms with van der Waals surface area (Å²) >= 11 is 0. The number of rotatable bonds is 4.